The zero-order valence-corrected chi connectivity index (χ0v) is 8.66. The molecule has 1 unspecified atom stereocenters. The standard InChI is InChI=1S/C14H16/c1-3-13(2)9-7-8-12-14-10-5-4-6-11-14/h3-6,10-11,13H,1,7,9H2,2H3. The Kier molecular flexibility index (Phi) is 4.58. The lowest BCUT2D eigenvalue weighted by atomic mass is 10.1. The molecule has 0 heteroatoms. The molecule has 1 rings (SSSR count). The highest BCUT2D eigenvalue weighted by atomic mass is 14.0. The Labute approximate surface area is 86.7 Å². The highest BCUT2D eigenvalue weighted by Crippen LogP contribution is 2.04. The van der Waals surface area contributed by atoms with Crippen molar-refractivity contribution in [1.82, 2.24) is 0 Å². The van der Waals surface area contributed by atoms with E-state index in [-0.39, 0.29) is 0 Å². The van der Waals surface area contributed by atoms with E-state index in [1.54, 1.807) is 0 Å². The Morgan fingerprint density at radius 1 is 1.36 bits per heavy atom. The second kappa shape index (κ2) is 6.05. The van der Waals surface area contributed by atoms with Crippen molar-refractivity contribution in [3.63, 3.8) is 0 Å². The molecule has 1 aromatic carbocycles. The van der Waals surface area contributed by atoms with Crippen molar-refractivity contribution in [3.05, 3.63) is 48.6 Å². The zero-order valence-electron chi connectivity index (χ0n) is 8.66. The van der Waals surface area contributed by atoms with Crippen LogP contribution in [0.4, 0.5) is 0 Å². The molecule has 0 fully saturated rings. The second-order valence-corrected chi connectivity index (χ2v) is 3.42. The van der Waals surface area contributed by atoms with Crippen LogP contribution in [0, 0.1) is 17.8 Å². The van der Waals surface area contributed by atoms with Crippen LogP contribution in [0.15, 0.2) is 43.0 Å². The summed E-state index contributed by atoms with van der Waals surface area (Å²) in [4.78, 5) is 0. The highest BCUT2D eigenvalue weighted by molar-refractivity contribution is 5.33. The summed E-state index contributed by atoms with van der Waals surface area (Å²) in [6.45, 7) is 5.91. The van der Waals surface area contributed by atoms with E-state index < -0.39 is 0 Å². The molecule has 72 valence electrons. The Morgan fingerprint density at radius 3 is 2.71 bits per heavy atom. The van der Waals surface area contributed by atoms with E-state index >= 15 is 0 Å². The lowest BCUT2D eigenvalue weighted by Crippen LogP contribution is -1.86. The largest absolute Gasteiger partial charge is 0.103 e. The minimum atomic E-state index is 0.570. The molecule has 0 aliphatic carbocycles. The van der Waals surface area contributed by atoms with Gasteiger partial charge >= 0.3 is 0 Å². The Balaban J connectivity index is 2.38. The van der Waals surface area contributed by atoms with Gasteiger partial charge in [-0.25, -0.2) is 0 Å². The molecule has 0 N–H and O–H groups in total. The van der Waals surface area contributed by atoms with Crippen molar-refractivity contribution in [2.24, 2.45) is 5.92 Å². The maximum absolute atomic E-state index is 3.75. The Bertz CT molecular complexity index is 324. The summed E-state index contributed by atoms with van der Waals surface area (Å²) in [7, 11) is 0. The van der Waals surface area contributed by atoms with Crippen molar-refractivity contribution in [2.75, 3.05) is 0 Å². The molecule has 0 spiro atoms. The third-order valence-electron chi connectivity index (χ3n) is 2.13. The lowest BCUT2D eigenvalue weighted by molar-refractivity contribution is 0.666. The maximum atomic E-state index is 3.75. The topological polar surface area (TPSA) is 0 Å². The molecule has 0 bridgehead atoms. The molecule has 0 aliphatic rings. The van der Waals surface area contributed by atoms with E-state index in [1.165, 1.54) is 0 Å². The molecule has 1 aromatic rings. The van der Waals surface area contributed by atoms with Crippen molar-refractivity contribution in [3.8, 4) is 11.8 Å². The van der Waals surface area contributed by atoms with E-state index in [1.807, 2.05) is 36.4 Å². The highest BCUT2D eigenvalue weighted by Gasteiger charge is 1.91. The van der Waals surface area contributed by atoms with Gasteiger partial charge < -0.3 is 0 Å². The second-order valence-electron chi connectivity index (χ2n) is 3.42. The number of rotatable bonds is 3. The van der Waals surface area contributed by atoms with Crippen molar-refractivity contribution in [2.45, 2.75) is 19.8 Å². The molecule has 0 amide bonds. The first-order valence-electron chi connectivity index (χ1n) is 4.99. The van der Waals surface area contributed by atoms with Crippen LogP contribution in [0.25, 0.3) is 0 Å². The van der Waals surface area contributed by atoms with Crippen LogP contribution in [0.3, 0.4) is 0 Å². The van der Waals surface area contributed by atoms with Crippen LogP contribution in [0.2, 0.25) is 0 Å². The summed E-state index contributed by atoms with van der Waals surface area (Å²) in [5.41, 5.74) is 1.10. The van der Waals surface area contributed by atoms with Crippen molar-refractivity contribution in [1.29, 1.82) is 0 Å². The monoisotopic (exact) mass is 184 g/mol. The fourth-order valence-electron chi connectivity index (χ4n) is 1.10. The molecule has 0 nitrogen and oxygen atoms in total. The van der Waals surface area contributed by atoms with Gasteiger partial charge in [0, 0.05) is 12.0 Å². The molecule has 0 saturated heterocycles. The molecule has 0 saturated carbocycles. The molecule has 0 heterocycles. The summed E-state index contributed by atoms with van der Waals surface area (Å²) >= 11 is 0. The van der Waals surface area contributed by atoms with E-state index in [0.717, 1.165) is 18.4 Å². The first kappa shape index (κ1) is 10.6. The van der Waals surface area contributed by atoms with Crippen molar-refractivity contribution >= 4 is 0 Å². The molecule has 0 aromatic heterocycles. The predicted molar refractivity (Wildman–Crippen MR) is 61.9 cm³/mol. The van der Waals surface area contributed by atoms with Gasteiger partial charge in [0.05, 0.1) is 0 Å². The van der Waals surface area contributed by atoms with Gasteiger partial charge in [-0.2, -0.15) is 0 Å². The summed E-state index contributed by atoms with van der Waals surface area (Å²) < 4.78 is 0. The van der Waals surface area contributed by atoms with Gasteiger partial charge in [-0.05, 0) is 24.5 Å². The van der Waals surface area contributed by atoms with Crippen LogP contribution in [-0.4, -0.2) is 0 Å². The zero-order chi connectivity index (χ0) is 10.2. The first-order valence-corrected chi connectivity index (χ1v) is 4.99. The minimum absolute atomic E-state index is 0.570. The average molecular weight is 184 g/mol. The average Bonchev–Trinajstić information content (AvgIpc) is 2.25. The lowest BCUT2D eigenvalue weighted by Gasteiger charge is -1.98. The third-order valence-corrected chi connectivity index (χ3v) is 2.13. The summed E-state index contributed by atoms with van der Waals surface area (Å²) in [6, 6.07) is 10.1. The molecule has 14 heavy (non-hydrogen) atoms. The number of hydrogen-bond acceptors (Lipinski definition) is 0. The minimum Gasteiger partial charge on any atom is -0.103 e. The molecule has 0 aliphatic heterocycles. The Morgan fingerprint density at radius 2 is 2.07 bits per heavy atom. The third kappa shape index (κ3) is 3.96. The number of hydrogen-bond donors (Lipinski definition) is 0. The summed E-state index contributed by atoms with van der Waals surface area (Å²) in [5, 5.41) is 0. The Hall–Kier alpha value is -1.48. The van der Waals surface area contributed by atoms with Crippen LogP contribution in [0.1, 0.15) is 25.3 Å². The predicted octanol–water partition coefficient (Wildman–Crippen LogP) is 3.64. The van der Waals surface area contributed by atoms with Gasteiger partial charge in [-0.1, -0.05) is 43.0 Å². The van der Waals surface area contributed by atoms with Gasteiger partial charge in [0.2, 0.25) is 0 Å². The van der Waals surface area contributed by atoms with Gasteiger partial charge in [-0.3, -0.25) is 0 Å². The van der Waals surface area contributed by atoms with E-state index in [2.05, 4.69) is 25.3 Å². The quantitative estimate of drug-likeness (QED) is 0.497. The van der Waals surface area contributed by atoms with Gasteiger partial charge in [0.15, 0.2) is 0 Å². The van der Waals surface area contributed by atoms with Gasteiger partial charge in [0.25, 0.3) is 0 Å². The fraction of sp³-hybridized carbons (Fsp3) is 0.286. The van der Waals surface area contributed by atoms with Crippen LogP contribution >= 0.6 is 0 Å². The normalized spacial score (nSPS) is 11.2. The summed E-state index contributed by atoms with van der Waals surface area (Å²) in [6.07, 6.45) is 4.02. The van der Waals surface area contributed by atoms with Crippen LogP contribution < -0.4 is 0 Å². The molecular formula is C14H16. The molecule has 0 radical (unpaired) electrons. The first-order chi connectivity index (χ1) is 6.83. The molecular weight excluding hydrogens is 168 g/mol. The van der Waals surface area contributed by atoms with E-state index in [9.17, 15) is 0 Å². The van der Waals surface area contributed by atoms with E-state index in [0.29, 0.717) is 5.92 Å². The van der Waals surface area contributed by atoms with Gasteiger partial charge in [-0.15, -0.1) is 6.58 Å². The fourth-order valence-corrected chi connectivity index (χ4v) is 1.10. The maximum Gasteiger partial charge on any atom is 0.0245 e. The number of allylic oxidation sites excluding steroid dienone is 1. The SMILES string of the molecule is C=CC(C)CCC#Cc1ccccc1. The van der Waals surface area contributed by atoms with Crippen LogP contribution in [-0.2, 0) is 0 Å². The van der Waals surface area contributed by atoms with Crippen LogP contribution in [0.5, 0.6) is 0 Å². The van der Waals surface area contributed by atoms with Crippen molar-refractivity contribution < 1.29 is 0 Å². The van der Waals surface area contributed by atoms with Gasteiger partial charge in [0.1, 0.15) is 0 Å². The summed E-state index contributed by atoms with van der Waals surface area (Å²) in [5.74, 6) is 6.88. The molecule has 1 atom stereocenters. The number of benzene rings is 1. The smallest absolute Gasteiger partial charge is 0.0245 e. The van der Waals surface area contributed by atoms with E-state index in [4.69, 9.17) is 0 Å².